The van der Waals surface area contributed by atoms with Gasteiger partial charge in [-0.05, 0) is 31.0 Å². The van der Waals surface area contributed by atoms with E-state index in [-0.39, 0.29) is 23.1 Å². The van der Waals surface area contributed by atoms with Gasteiger partial charge >= 0.3 is 0 Å². The van der Waals surface area contributed by atoms with Crippen molar-refractivity contribution in [1.82, 2.24) is 4.90 Å². The normalized spacial score (nSPS) is 19.4. The molecule has 0 amide bonds. The van der Waals surface area contributed by atoms with Gasteiger partial charge in [-0.1, -0.05) is 24.1 Å². The molecule has 1 aliphatic heterocycles. The highest BCUT2D eigenvalue weighted by Gasteiger charge is 2.22. The fourth-order valence-corrected chi connectivity index (χ4v) is 2.75. The zero-order valence-electron chi connectivity index (χ0n) is 11.1. The molecule has 2 N–H and O–H groups in total. The van der Waals surface area contributed by atoms with Gasteiger partial charge in [0.05, 0.1) is 4.92 Å². The van der Waals surface area contributed by atoms with Crippen LogP contribution in [0.3, 0.4) is 0 Å². The topological polar surface area (TPSA) is 72.4 Å². The first-order valence-corrected chi connectivity index (χ1v) is 6.86. The summed E-state index contributed by atoms with van der Waals surface area (Å²) in [4.78, 5) is 12.7. The van der Waals surface area contributed by atoms with Gasteiger partial charge in [-0.2, -0.15) is 0 Å². The molecular weight excluding hydrogens is 301 g/mol. The van der Waals surface area contributed by atoms with E-state index in [4.69, 9.17) is 17.3 Å². The second-order valence-corrected chi connectivity index (χ2v) is 5.31. The summed E-state index contributed by atoms with van der Waals surface area (Å²) >= 11 is 5.81. The van der Waals surface area contributed by atoms with Gasteiger partial charge in [0.1, 0.15) is 5.02 Å². The third kappa shape index (κ3) is 4.06. The maximum absolute atomic E-state index is 10.9. The van der Waals surface area contributed by atoms with Crippen molar-refractivity contribution in [2.45, 2.75) is 31.8 Å². The van der Waals surface area contributed by atoms with E-state index in [1.165, 1.54) is 6.42 Å². The molecule has 2 rings (SSSR count). The SMILES string of the molecule is Cl.NCC1CCCCN1Cc1ccc(Cl)c([N+](=O)[O-])c1. The Morgan fingerprint density at radius 3 is 2.85 bits per heavy atom. The third-order valence-corrected chi connectivity index (χ3v) is 3.93. The summed E-state index contributed by atoms with van der Waals surface area (Å²) in [6.07, 6.45) is 3.47. The lowest BCUT2D eigenvalue weighted by molar-refractivity contribution is -0.384. The van der Waals surface area contributed by atoms with Crippen molar-refractivity contribution in [1.29, 1.82) is 0 Å². The van der Waals surface area contributed by atoms with E-state index in [0.29, 0.717) is 19.1 Å². The summed E-state index contributed by atoms with van der Waals surface area (Å²) in [6.45, 7) is 2.33. The minimum absolute atomic E-state index is 0. The second-order valence-electron chi connectivity index (χ2n) is 4.90. The zero-order valence-corrected chi connectivity index (χ0v) is 12.7. The third-order valence-electron chi connectivity index (χ3n) is 3.61. The van der Waals surface area contributed by atoms with Crippen molar-refractivity contribution in [2.24, 2.45) is 5.73 Å². The fourth-order valence-electron chi connectivity index (χ4n) is 2.57. The summed E-state index contributed by atoms with van der Waals surface area (Å²) in [5.74, 6) is 0. The molecule has 1 unspecified atom stereocenters. The first kappa shape index (κ1) is 17.2. The van der Waals surface area contributed by atoms with E-state index in [1.807, 2.05) is 6.07 Å². The van der Waals surface area contributed by atoms with E-state index in [2.05, 4.69) is 4.90 Å². The molecule has 7 heteroatoms. The maximum atomic E-state index is 10.9. The Morgan fingerprint density at radius 2 is 2.20 bits per heavy atom. The van der Waals surface area contributed by atoms with E-state index >= 15 is 0 Å². The van der Waals surface area contributed by atoms with E-state index in [1.54, 1.807) is 12.1 Å². The van der Waals surface area contributed by atoms with E-state index < -0.39 is 4.92 Å². The van der Waals surface area contributed by atoms with E-state index in [9.17, 15) is 10.1 Å². The van der Waals surface area contributed by atoms with Crippen LogP contribution in [0, 0.1) is 10.1 Å². The lowest BCUT2D eigenvalue weighted by atomic mass is 10.0. The smallest absolute Gasteiger partial charge is 0.288 e. The van der Waals surface area contributed by atoms with Gasteiger partial charge in [0, 0.05) is 25.2 Å². The van der Waals surface area contributed by atoms with Gasteiger partial charge in [-0.3, -0.25) is 15.0 Å². The Kier molecular flexibility index (Phi) is 6.68. The van der Waals surface area contributed by atoms with Crippen LogP contribution in [-0.2, 0) is 6.54 Å². The molecule has 0 bridgehead atoms. The molecule has 0 aliphatic carbocycles. The molecule has 0 aromatic heterocycles. The molecule has 0 spiro atoms. The highest BCUT2D eigenvalue weighted by atomic mass is 35.5. The molecule has 1 fully saturated rings. The number of nitro groups is 1. The van der Waals surface area contributed by atoms with Gasteiger partial charge in [-0.15, -0.1) is 12.4 Å². The van der Waals surface area contributed by atoms with Crippen LogP contribution < -0.4 is 5.73 Å². The summed E-state index contributed by atoms with van der Waals surface area (Å²) < 4.78 is 0. The van der Waals surface area contributed by atoms with Gasteiger partial charge in [0.15, 0.2) is 0 Å². The number of benzene rings is 1. The molecule has 1 heterocycles. The quantitative estimate of drug-likeness (QED) is 0.684. The molecule has 1 aromatic carbocycles. The lowest BCUT2D eigenvalue weighted by Crippen LogP contribution is -2.43. The monoisotopic (exact) mass is 319 g/mol. The predicted molar refractivity (Wildman–Crippen MR) is 82.5 cm³/mol. The first-order chi connectivity index (χ1) is 9.11. The highest BCUT2D eigenvalue weighted by Crippen LogP contribution is 2.27. The summed E-state index contributed by atoms with van der Waals surface area (Å²) in [5, 5.41) is 11.1. The van der Waals surface area contributed by atoms with Gasteiger partial charge in [-0.25, -0.2) is 0 Å². The van der Waals surface area contributed by atoms with Crippen molar-refractivity contribution in [3.05, 3.63) is 38.9 Å². The number of rotatable bonds is 4. The van der Waals surface area contributed by atoms with Gasteiger partial charge in [0.2, 0.25) is 0 Å². The van der Waals surface area contributed by atoms with Crippen molar-refractivity contribution < 1.29 is 4.92 Å². The summed E-state index contributed by atoms with van der Waals surface area (Å²) in [7, 11) is 0. The summed E-state index contributed by atoms with van der Waals surface area (Å²) in [6, 6.07) is 5.38. The molecule has 0 radical (unpaired) electrons. The largest absolute Gasteiger partial charge is 0.329 e. The van der Waals surface area contributed by atoms with Crippen LogP contribution in [0.15, 0.2) is 18.2 Å². The number of halogens is 2. The number of nitro benzene ring substituents is 1. The van der Waals surface area contributed by atoms with Crippen molar-refractivity contribution in [3.8, 4) is 0 Å². The predicted octanol–water partition coefficient (Wildman–Crippen LogP) is 2.98. The summed E-state index contributed by atoms with van der Waals surface area (Å²) in [5.41, 5.74) is 6.66. The Bertz CT molecular complexity index is 471. The Labute approximate surface area is 129 Å². The van der Waals surface area contributed by atoms with E-state index in [0.717, 1.165) is 24.9 Å². The van der Waals surface area contributed by atoms with Crippen LogP contribution in [0.1, 0.15) is 24.8 Å². The lowest BCUT2D eigenvalue weighted by Gasteiger charge is -2.34. The average molecular weight is 320 g/mol. The first-order valence-electron chi connectivity index (χ1n) is 6.48. The molecule has 5 nitrogen and oxygen atoms in total. The van der Waals surface area contributed by atoms with Crippen molar-refractivity contribution in [2.75, 3.05) is 13.1 Å². The number of likely N-dealkylation sites (tertiary alicyclic amines) is 1. The molecular formula is C13H19Cl2N3O2. The number of piperidine rings is 1. The fraction of sp³-hybridized carbons (Fsp3) is 0.538. The minimum Gasteiger partial charge on any atom is -0.329 e. The molecule has 1 aliphatic rings. The Hall–Kier alpha value is -0.880. The van der Waals surface area contributed by atoms with Crippen molar-refractivity contribution >= 4 is 29.7 Å². The maximum Gasteiger partial charge on any atom is 0.288 e. The van der Waals surface area contributed by atoms with Gasteiger partial charge < -0.3 is 5.73 Å². The number of hydrogen-bond acceptors (Lipinski definition) is 4. The molecule has 1 atom stereocenters. The Morgan fingerprint density at radius 1 is 1.45 bits per heavy atom. The van der Waals surface area contributed by atoms with Crippen LogP contribution in [0.5, 0.6) is 0 Å². The second kappa shape index (κ2) is 7.78. The van der Waals surface area contributed by atoms with Crippen LogP contribution in [-0.4, -0.2) is 29.0 Å². The minimum atomic E-state index is -0.442. The number of nitrogens with zero attached hydrogens (tertiary/aromatic N) is 2. The molecule has 112 valence electrons. The highest BCUT2D eigenvalue weighted by molar-refractivity contribution is 6.32. The molecule has 1 saturated heterocycles. The van der Waals surface area contributed by atoms with Crippen LogP contribution in [0.2, 0.25) is 5.02 Å². The molecule has 20 heavy (non-hydrogen) atoms. The van der Waals surface area contributed by atoms with Crippen LogP contribution >= 0.6 is 24.0 Å². The standard InChI is InChI=1S/C13H18ClN3O2.ClH/c14-12-5-4-10(7-13(12)17(18)19)9-16-6-2-1-3-11(16)8-15;/h4-5,7,11H,1-3,6,8-9,15H2;1H. The molecule has 0 saturated carbocycles. The van der Waals surface area contributed by atoms with Gasteiger partial charge in [0.25, 0.3) is 5.69 Å². The van der Waals surface area contributed by atoms with Crippen LogP contribution in [0.4, 0.5) is 5.69 Å². The van der Waals surface area contributed by atoms with Crippen LogP contribution in [0.25, 0.3) is 0 Å². The average Bonchev–Trinajstić information content (AvgIpc) is 2.41. The number of nitrogens with two attached hydrogens (primary N) is 1. The number of hydrogen-bond donors (Lipinski definition) is 1. The zero-order chi connectivity index (χ0) is 13.8. The molecule has 1 aromatic rings. The van der Waals surface area contributed by atoms with Crippen molar-refractivity contribution in [3.63, 3.8) is 0 Å². The Balaban J connectivity index is 0.00000200.